The van der Waals surface area contributed by atoms with E-state index in [0.29, 0.717) is 0 Å². The van der Waals surface area contributed by atoms with Crippen molar-refractivity contribution in [2.45, 2.75) is 77.6 Å². The van der Waals surface area contributed by atoms with Crippen LogP contribution in [0.25, 0.3) is 0 Å². The summed E-state index contributed by atoms with van der Waals surface area (Å²) in [4.78, 5) is 0. The summed E-state index contributed by atoms with van der Waals surface area (Å²) in [6, 6.07) is 0. The normalized spacial score (nSPS) is 12.1. The van der Waals surface area contributed by atoms with Crippen molar-refractivity contribution in [2.75, 3.05) is 6.26 Å². The van der Waals surface area contributed by atoms with E-state index in [1.807, 2.05) is 11.8 Å². The third-order valence-electron chi connectivity index (χ3n) is 3.06. The Bertz CT molecular complexity index is 178. The Morgan fingerprint density at radius 3 is 1.82 bits per heavy atom. The lowest BCUT2D eigenvalue weighted by Crippen LogP contribution is -1.81. The topological polar surface area (TPSA) is 0 Å². The van der Waals surface area contributed by atoms with Crippen LogP contribution in [0.3, 0.4) is 0 Å². The number of hydrogen-bond acceptors (Lipinski definition) is 1. The first-order chi connectivity index (χ1) is 8.31. The van der Waals surface area contributed by atoms with Crippen LogP contribution in [0.4, 0.5) is 0 Å². The fourth-order valence-corrected chi connectivity index (χ4v) is 2.53. The zero-order valence-electron chi connectivity index (χ0n) is 11.6. The summed E-state index contributed by atoms with van der Waals surface area (Å²) in [5.74, 6) is 0. The van der Waals surface area contributed by atoms with E-state index in [-0.39, 0.29) is 0 Å². The fraction of sp³-hybridized carbons (Fsp3) is 0.867. The van der Waals surface area contributed by atoms with Crippen LogP contribution >= 0.6 is 34.4 Å². The second-order valence-electron chi connectivity index (χ2n) is 4.68. The highest BCUT2D eigenvalue weighted by atomic mass is 127. The standard InChI is InChI=1S/C15H29IS/c1-3-4-5-6-7-8-9-10-11-12-13-14-15(16)17-2/h14H,3-13H2,1-2H3. The number of unbranched alkanes of at least 4 members (excludes halogenated alkanes) is 10. The van der Waals surface area contributed by atoms with E-state index in [9.17, 15) is 0 Å². The molecule has 0 rings (SSSR count). The Kier molecular flexibility index (Phi) is 15.6. The molecular weight excluding hydrogens is 339 g/mol. The van der Waals surface area contributed by atoms with E-state index in [1.165, 1.54) is 73.5 Å². The summed E-state index contributed by atoms with van der Waals surface area (Å²) in [6.07, 6.45) is 20.1. The predicted molar refractivity (Wildman–Crippen MR) is 92.1 cm³/mol. The van der Waals surface area contributed by atoms with Crippen LogP contribution in [0.5, 0.6) is 0 Å². The zero-order chi connectivity index (χ0) is 12.8. The molecule has 0 unspecified atom stereocenters. The minimum atomic E-state index is 1.27. The van der Waals surface area contributed by atoms with Gasteiger partial charge in [0.1, 0.15) is 0 Å². The maximum atomic E-state index is 2.42. The monoisotopic (exact) mass is 368 g/mol. The molecule has 0 nitrogen and oxygen atoms in total. The largest absolute Gasteiger partial charge is 0.123 e. The predicted octanol–water partition coefficient (Wildman–Crippen LogP) is 6.94. The molecule has 0 N–H and O–H groups in total. The third kappa shape index (κ3) is 14.8. The summed E-state index contributed by atoms with van der Waals surface area (Å²) >= 11 is 4.27. The molecule has 0 fully saturated rings. The summed E-state index contributed by atoms with van der Waals surface area (Å²) in [7, 11) is 0. The molecule has 102 valence electrons. The highest BCUT2D eigenvalue weighted by Gasteiger charge is 1.92. The van der Waals surface area contributed by atoms with Gasteiger partial charge in [0.05, 0.1) is 0 Å². The summed E-state index contributed by atoms with van der Waals surface area (Å²) in [6.45, 7) is 2.28. The van der Waals surface area contributed by atoms with E-state index in [1.54, 1.807) is 0 Å². The Balaban J connectivity index is 3.04. The van der Waals surface area contributed by atoms with Crippen LogP contribution in [0.15, 0.2) is 8.99 Å². The van der Waals surface area contributed by atoms with E-state index >= 15 is 0 Å². The lowest BCUT2D eigenvalue weighted by Gasteiger charge is -2.01. The molecule has 0 saturated carbocycles. The first-order valence-electron chi connectivity index (χ1n) is 7.21. The molecule has 0 heterocycles. The van der Waals surface area contributed by atoms with Crippen LogP contribution in [0.2, 0.25) is 0 Å². The summed E-state index contributed by atoms with van der Waals surface area (Å²) in [5, 5.41) is 0. The van der Waals surface area contributed by atoms with Crippen LogP contribution in [0.1, 0.15) is 77.6 Å². The Morgan fingerprint density at radius 1 is 0.882 bits per heavy atom. The minimum Gasteiger partial charge on any atom is -0.123 e. The van der Waals surface area contributed by atoms with Gasteiger partial charge in [-0.2, -0.15) is 0 Å². The van der Waals surface area contributed by atoms with Gasteiger partial charge in [0.2, 0.25) is 0 Å². The van der Waals surface area contributed by atoms with Gasteiger partial charge < -0.3 is 0 Å². The second kappa shape index (κ2) is 14.9. The van der Waals surface area contributed by atoms with Gasteiger partial charge in [-0.05, 0) is 41.7 Å². The van der Waals surface area contributed by atoms with Gasteiger partial charge in [-0.25, -0.2) is 0 Å². The molecule has 17 heavy (non-hydrogen) atoms. The molecule has 0 aromatic heterocycles. The van der Waals surface area contributed by atoms with Crippen LogP contribution in [0, 0.1) is 0 Å². The van der Waals surface area contributed by atoms with Gasteiger partial charge in [-0.1, -0.05) is 70.8 Å². The van der Waals surface area contributed by atoms with Gasteiger partial charge >= 0.3 is 0 Å². The molecule has 0 atom stereocenters. The number of thioether (sulfide) groups is 1. The number of rotatable bonds is 12. The van der Waals surface area contributed by atoms with Crippen molar-refractivity contribution < 1.29 is 0 Å². The van der Waals surface area contributed by atoms with Crippen molar-refractivity contribution in [1.29, 1.82) is 0 Å². The second-order valence-corrected chi connectivity index (χ2v) is 7.43. The lowest BCUT2D eigenvalue weighted by atomic mass is 10.1. The maximum absolute atomic E-state index is 2.42. The molecule has 0 aliphatic heterocycles. The first-order valence-corrected chi connectivity index (χ1v) is 9.51. The minimum absolute atomic E-state index is 1.27. The van der Waals surface area contributed by atoms with Crippen molar-refractivity contribution in [3.63, 3.8) is 0 Å². The summed E-state index contributed by atoms with van der Waals surface area (Å²) < 4.78 is 1.44. The lowest BCUT2D eigenvalue weighted by molar-refractivity contribution is 0.557. The molecular formula is C15H29IS. The molecule has 0 spiro atoms. The average molecular weight is 368 g/mol. The van der Waals surface area contributed by atoms with Crippen molar-refractivity contribution in [3.05, 3.63) is 8.99 Å². The molecule has 0 bridgehead atoms. The molecule has 0 aliphatic carbocycles. The average Bonchev–Trinajstić information content (AvgIpc) is 2.35. The smallest absolute Gasteiger partial charge is 0.0414 e. The Morgan fingerprint density at radius 2 is 1.35 bits per heavy atom. The van der Waals surface area contributed by atoms with Crippen LogP contribution in [-0.4, -0.2) is 6.26 Å². The molecule has 0 aliphatic rings. The molecule has 0 amide bonds. The van der Waals surface area contributed by atoms with E-state index in [4.69, 9.17) is 0 Å². The Labute approximate surface area is 127 Å². The number of halogens is 1. The van der Waals surface area contributed by atoms with Gasteiger partial charge in [-0.3, -0.25) is 0 Å². The van der Waals surface area contributed by atoms with E-state index in [0.717, 1.165) is 0 Å². The molecule has 0 saturated heterocycles. The third-order valence-corrected chi connectivity index (χ3v) is 5.38. The fourth-order valence-electron chi connectivity index (χ4n) is 1.93. The molecule has 2 heteroatoms. The first kappa shape index (κ1) is 17.8. The highest BCUT2D eigenvalue weighted by Crippen LogP contribution is 2.21. The van der Waals surface area contributed by atoms with Gasteiger partial charge in [0.25, 0.3) is 0 Å². The number of allylic oxidation sites excluding steroid dienone is 1. The highest BCUT2D eigenvalue weighted by molar-refractivity contribution is 14.1. The molecule has 0 aromatic rings. The summed E-state index contributed by atoms with van der Waals surface area (Å²) in [5.41, 5.74) is 0. The van der Waals surface area contributed by atoms with E-state index in [2.05, 4.69) is 41.8 Å². The SMILES string of the molecule is CCCCCCCCCCCCC=C(I)SC. The Hall–Kier alpha value is 0.820. The van der Waals surface area contributed by atoms with Gasteiger partial charge in [0.15, 0.2) is 0 Å². The van der Waals surface area contributed by atoms with E-state index < -0.39 is 0 Å². The van der Waals surface area contributed by atoms with Gasteiger partial charge in [0, 0.05) is 2.91 Å². The molecule has 0 aromatic carbocycles. The van der Waals surface area contributed by atoms with Crippen molar-refractivity contribution in [2.24, 2.45) is 0 Å². The number of hydrogen-bond donors (Lipinski definition) is 0. The zero-order valence-corrected chi connectivity index (χ0v) is 14.6. The van der Waals surface area contributed by atoms with Gasteiger partial charge in [-0.15, -0.1) is 11.8 Å². The maximum Gasteiger partial charge on any atom is 0.0414 e. The molecule has 0 radical (unpaired) electrons. The van der Waals surface area contributed by atoms with Crippen LogP contribution in [-0.2, 0) is 0 Å². The van der Waals surface area contributed by atoms with Crippen molar-refractivity contribution >= 4 is 34.4 Å². The quantitative estimate of drug-likeness (QED) is 0.266. The van der Waals surface area contributed by atoms with Crippen molar-refractivity contribution in [1.82, 2.24) is 0 Å². The van der Waals surface area contributed by atoms with Crippen LogP contribution < -0.4 is 0 Å². The van der Waals surface area contributed by atoms with Crippen molar-refractivity contribution in [3.8, 4) is 0 Å².